The van der Waals surface area contributed by atoms with Gasteiger partial charge in [0.25, 0.3) is 0 Å². The van der Waals surface area contributed by atoms with Crippen LogP contribution in [0.1, 0.15) is 201 Å². The summed E-state index contributed by atoms with van der Waals surface area (Å²) in [7, 11) is 0. The van der Waals surface area contributed by atoms with E-state index in [9.17, 15) is 4.79 Å². The molecule has 0 aromatic heterocycles. The van der Waals surface area contributed by atoms with Crippen LogP contribution in [-0.2, 0) is 9.53 Å². The third-order valence-corrected chi connectivity index (χ3v) is 12.5. The molecule has 3 fully saturated rings. The van der Waals surface area contributed by atoms with Gasteiger partial charge in [-0.15, -0.1) is 0 Å². The van der Waals surface area contributed by atoms with Crippen molar-refractivity contribution in [3.8, 4) is 0 Å². The highest BCUT2D eigenvalue weighted by Crippen LogP contribution is 2.48. The zero-order valence-electron chi connectivity index (χ0n) is 29.8. The molecule has 0 heterocycles. The standard InChI is InChI=1S/C41H75BrO2/c1-4-7-11-19-34-30-37(34)24-16-22-33(23-17-25-38-31-35(38)20-12-8-5-2)40(44-41(43)28-14-10-15-29-42)27-18-26-39-32-36(39)21-13-9-6-3/h33-40H,4-32H2,1-3H3. The fourth-order valence-corrected chi connectivity index (χ4v) is 8.96. The third-order valence-electron chi connectivity index (χ3n) is 11.9. The average molecular weight is 680 g/mol. The first-order valence-electron chi connectivity index (χ1n) is 20.3. The summed E-state index contributed by atoms with van der Waals surface area (Å²) in [6, 6.07) is 0. The van der Waals surface area contributed by atoms with E-state index >= 15 is 0 Å². The first kappa shape index (κ1) is 38.4. The molecule has 3 aliphatic rings. The van der Waals surface area contributed by atoms with Crippen molar-refractivity contribution in [1.82, 2.24) is 0 Å². The Balaban J connectivity index is 1.50. The first-order valence-corrected chi connectivity index (χ1v) is 21.5. The van der Waals surface area contributed by atoms with E-state index in [1.54, 1.807) is 0 Å². The maximum Gasteiger partial charge on any atom is 0.306 e. The van der Waals surface area contributed by atoms with Crippen LogP contribution in [0.15, 0.2) is 0 Å². The highest BCUT2D eigenvalue weighted by atomic mass is 79.9. The number of rotatable bonds is 31. The third kappa shape index (κ3) is 16.7. The molecule has 0 spiro atoms. The Kier molecular flexibility index (Phi) is 20.3. The maximum atomic E-state index is 13.1. The summed E-state index contributed by atoms with van der Waals surface area (Å²) < 4.78 is 6.47. The Morgan fingerprint density at radius 3 is 1.36 bits per heavy atom. The predicted molar refractivity (Wildman–Crippen MR) is 194 cm³/mol. The van der Waals surface area contributed by atoms with Crippen LogP contribution in [-0.4, -0.2) is 17.4 Å². The molecule has 3 rings (SSSR count). The fourth-order valence-electron chi connectivity index (χ4n) is 8.56. The zero-order chi connectivity index (χ0) is 31.4. The van der Waals surface area contributed by atoms with Gasteiger partial charge in [0.05, 0.1) is 0 Å². The number of halogens is 1. The SMILES string of the molecule is CCCCCC1CC1CCCC(CCCC1CC1CCCCC)C(CCCC1CC1CCCCC)OC(=O)CCCCCBr. The molecule has 7 unspecified atom stereocenters. The number of hydrogen-bond donors (Lipinski definition) is 0. The maximum absolute atomic E-state index is 13.1. The van der Waals surface area contributed by atoms with Gasteiger partial charge in [-0.3, -0.25) is 4.79 Å². The number of hydrogen-bond acceptors (Lipinski definition) is 2. The van der Waals surface area contributed by atoms with Gasteiger partial charge < -0.3 is 4.74 Å². The minimum atomic E-state index is 0.0924. The Morgan fingerprint density at radius 2 is 0.955 bits per heavy atom. The van der Waals surface area contributed by atoms with Crippen molar-refractivity contribution in [2.75, 3.05) is 5.33 Å². The summed E-state index contributed by atoms with van der Waals surface area (Å²) >= 11 is 3.54. The number of carbonyl (C=O) groups is 1. The molecular weight excluding hydrogens is 604 g/mol. The molecule has 0 aliphatic heterocycles. The summed E-state index contributed by atoms with van der Waals surface area (Å²) in [5.74, 6) is 6.68. The summed E-state index contributed by atoms with van der Waals surface area (Å²) in [6.45, 7) is 6.96. The van der Waals surface area contributed by atoms with E-state index in [0.717, 1.165) is 66.5 Å². The van der Waals surface area contributed by atoms with Gasteiger partial charge in [0, 0.05) is 11.8 Å². The second kappa shape index (κ2) is 23.3. The van der Waals surface area contributed by atoms with Crippen molar-refractivity contribution in [2.24, 2.45) is 41.4 Å². The Labute approximate surface area is 283 Å². The zero-order valence-corrected chi connectivity index (χ0v) is 31.4. The van der Waals surface area contributed by atoms with Crippen LogP contribution in [0.3, 0.4) is 0 Å². The lowest BCUT2D eigenvalue weighted by molar-refractivity contribution is -0.153. The van der Waals surface area contributed by atoms with E-state index in [4.69, 9.17) is 4.74 Å². The second-order valence-electron chi connectivity index (χ2n) is 15.8. The second-order valence-corrected chi connectivity index (χ2v) is 16.6. The van der Waals surface area contributed by atoms with E-state index in [-0.39, 0.29) is 12.1 Å². The van der Waals surface area contributed by atoms with E-state index in [1.807, 2.05) is 0 Å². The van der Waals surface area contributed by atoms with Crippen molar-refractivity contribution < 1.29 is 9.53 Å². The van der Waals surface area contributed by atoms with Crippen LogP contribution in [0.4, 0.5) is 0 Å². The number of carbonyl (C=O) groups excluding carboxylic acids is 1. The van der Waals surface area contributed by atoms with Gasteiger partial charge in [0.1, 0.15) is 6.10 Å². The quantitative estimate of drug-likeness (QED) is 0.0414. The van der Waals surface area contributed by atoms with Crippen LogP contribution in [0.5, 0.6) is 0 Å². The molecule has 2 nitrogen and oxygen atoms in total. The van der Waals surface area contributed by atoms with Gasteiger partial charge in [-0.1, -0.05) is 152 Å². The molecule has 0 amide bonds. The number of esters is 1. The van der Waals surface area contributed by atoms with E-state index in [1.165, 1.54) is 148 Å². The average Bonchev–Trinajstić information content (AvgIpc) is 3.94. The molecule has 44 heavy (non-hydrogen) atoms. The number of alkyl halides is 1. The van der Waals surface area contributed by atoms with E-state index in [2.05, 4.69) is 36.7 Å². The molecule has 0 radical (unpaired) electrons. The van der Waals surface area contributed by atoms with Crippen molar-refractivity contribution >= 4 is 21.9 Å². The molecule has 3 heteroatoms. The van der Waals surface area contributed by atoms with Crippen LogP contribution >= 0.6 is 15.9 Å². The van der Waals surface area contributed by atoms with Crippen LogP contribution in [0, 0.1) is 41.4 Å². The summed E-state index contributed by atoms with van der Waals surface area (Å²) in [6.07, 6.45) is 37.3. The summed E-state index contributed by atoms with van der Waals surface area (Å²) in [5.41, 5.74) is 0. The van der Waals surface area contributed by atoms with Crippen LogP contribution in [0.2, 0.25) is 0 Å². The lowest BCUT2D eigenvalue weighted by Gasteiger charge is -2.28. The van der Waals surface area contributed by atoms with Gasteiger partial charge >= 0.3 is 5.97 Å². The largest absolute Gasteiger partial charge is 0.462 e. The number of ether oxygens (including phenoxy) is 1. The lowest BCUT2D eigenvalue weighted by Crippen LogP contribution is -2.27. The van der Waals surface area contributed by atoms with Gasteiger partial charge in [0.15, 0.2) is 0 Å². The summed E-state index contributed by atoms with van der Waals surface area (Å²) in [4.78, 5) is 13.1. The molecular formula is C41H75BrO2. The van der Waals surface area contributed by atoms with Gasteiger partial charge in [-0.05, 0) is 99.2 Å². The Bertz CT molecular complexity index is 693. The molecule has 0 aromatic carbocycles. The first-order chi connectivity index (χ1) is 21.6. The Hall–Kier alpha value is -0.0500. The van der Waals surface area contributed by atoms with Crippen LogP contribution < -0.4 is 0 Å². The van der Waals surface area contributed by atoms with Gasteiger partial charge in [0.2, 0.25) is 0 Å². The highest BCUT2D eigenvalue weighted by Gasteiger charge is 2.38. The molecule has 0 saturated heterocycles. The van der Waals surface area contributed by atoms with E-state index in [0.29, 0.717) is 12.3 Å². The summed E-state index contributed by atoms with van der Waals surface area (Å²) in [5, 5.41) is 1.04. The molecule has 3 saturated carbocycles. The lowest BCUT2D eigenvalue weighted by atomic mass is 9.86. The molecule has 0 bridgehead atoms. The van der Waals surface area contributed by atoms with Crippen LogP contribution in [0.25, 0.3) is 0 Å². The molecule has 0 aromatic rings. The van der Waals surface area contributed by atoms with Crippen molar-refractivity contribution in [1.29, 1.82) is 0 Å². The predicted octanol–water partition coefficient (Wildman–Crippen LogP) is 13.6. The highest BCUT2D eigenvalue weighted by molar-refractivity contribution is 9.09. The molecule has 258 valence electrons. The van der Waals surface area contributed by atoms with Gasteiger partial charge in [-0.2, -0.15) is 0 Å². The topological polar surface area (TPSA) is 26.3 Å². The van der Waals surface area contributed by atoms with Crippen molar-refractivity contribution in [3.63, 3.8) is 0 Å². The minimum absolute atomic E-state index is 0.0924. The monoisotopic (exact) mass is 678 g/mol. The van der Waals surface area contributed by atoms with Crippen molar-refractivity contribution in [3.05, 3.63) is 0 Å². The minimum Gasteiger partial charge on any atom is -0.462 e. The van der Waals surface area contributed by atoms with E-state index < -0.39 is 0 Å². The molecule has 0 N–H and O–H groups in total. The smallest absolute Gasteiger partial charge is 0.306 e. The fraction of sp³-hybridized carbons (Fsp3) is 0.976. The Morgan fingerprint density at radius 1 is 0.545 bits per heavy atom. The molecule has 7 atom stereocenters. The molecule has 3 aliphatic carbocycles. The normalized spacial score (nSPS) is 26.8. The number of unbranched alkanes of at least 4 members (excludes halogenated alkanes) is 8. The van der Waals surface area contributed by atoms with Crippen molar-refractivity contribution in [2.45, 2.75) is 207 Å². The van der Waals surface area contributed by atoms with Gasteiger partial charge in [-0.25, -0.2) is 0 Å².